The molecule has 0 fully saturated rings. The largest absolute Gasteiger partial charge is 0.467 e. The Bertz CT molecular complexity index is 1010. The first-order valence-corrected chi connectivity index (χ1v) is 9.03. The molecule has 29 heavy (non-hydrogen) atoms. The number of amides is 1. The van der Waals surface area contributed by atoms with Crippen LogP contribution in [0.2, 0.25) is 0 Å². The highest BCUT2D eigenvalue weighted by molar-refractivity contribution is 6.07. The third-order valence-electron chi connectivity index (χ3n) is 4.82. The maximum absolute atomic E-state index is 13.3. The number of Topliss-reactive ketones (excluding diaryl/α,β-unsaturated/α-hetero) is 1. The molecule has 0 spiro atoms. The zero-order valence-corrected chi connectivity index (χ0v) is 16.6. The Morgan fingerprint density at radius 2 is 1.83 bits per heavy atom. The summed E-state index contributed by atoms with van der Waals surface area (Å²) in [6.45, 7) is 5.09. The number of H-pyrrole nitrogens is 1. The van der Waals surface area contributed by atoms with E-state index in [1.807, 2.05) is 0 Å². The summed E-state index contributed by atoms with van der Waals surface area (Å²) in [5.74, 6) is -0.656. The number of aromatic amines is 1. The Morgan fingerprint density at radius 1 is 1.14 bits per heavy atom. The minimum Gasteiger partial charge on any atom is -0.467 e. The molecule has 152 valence electrons. The van der Waals surface area contributed by atoms with Crippen molar-refractivity contribution < 1.29 is 28.0 Å². The molecule has 8 nitrogen and oxygen atoms in total. The lowest BCUT2D eigenvalue weighted by Crippen LogP contribution is -2.43. The smallest absolute Gasteiger partial charge is 0.354 e. The van der Waals surface area contributed by atoms with Gasteiger partial charge in [-0.05, 0) is 50.6 Å². The number of ether oxygens (including phenoxy) is 1. The third-order valence-corrected chi connectivity index (χ3v) is 4.82. The Balaban J connectivity index is 1.96. The average Bonchev–Trinajstić information content (AvgIpc) is 3.46. The molecule has 0 bridgehead atoms. The maximum Gasteiger partial charge on any atom is 0.354 e. The van der Waals surface area contributed by atoms with Gasteiger partial charge in [0.2, 0.25) is 0 Å². The van der Waals surface area contributed by atoms with Gasteiger partial charge < -0.3 is 23.5 Å². The zero-order chi connectivity index (χ0) is 21.1. The number of carbonyl (C=O) groups excluding carboxylic acids is 3. The summed E-state index contributed by atoms with van der Waals surface area (Å²) < 4.78 is 15.3. The first-order valence-electron chi connectivity index (χ1n) is 9.03. The summed E-state index contributed by atoms with van der Waals surface area (Å²) in [7, 11) is 1.27. The summed E-state index contributed by atoms with van der Waals surface area (Å²) in [5.41, 5.74) is 1.59. The molecule has 1 amide bonds. The number of methoxy groups -OCH3 is 1. The second-order valence-electron chi connectivity index (χ2n) is 6.65. The van der Waals surface area contributed by atoms with Gasteiger partial charge in [-0.25, -0.2) is 4.79 Å². The van der Waals surface area contributed by atoms with Crippen molar-refractivity contribution in [1.82, 2.24) is 9.88 Å². The summed E-state index contributed by atoms with van der Waals surface area (Å²) in [6.07, 6.45) is 2.90. The zero-order valence-electron chi connectivity index (χ0n) is 16.6. The SMILES string of the molecule is COC(=O)c1[nH]c(C)c(C(=O)[C@H](C)N(Cc2ccco2)C(=O)c2ccco2)c1C. The molecule has 8 heteroatoms. The van der Waals surface area contributed by atoms with E-state index in [2.05, 4.69) is 4.98 Å². The topological polar surface area (TPSA) is 106 Å². The van der Waals surface area contributed by atoms with Gasteiger partial charge in [0.05, 0.1) is 32.2 Å². The molecular formula is C21H22N2O6. The van der Waals surface area contributed by atoms with Gasteiger partial charge >= 0.3 is 5.97 Å². The number of furan rings is 2. The first kappa shape index (κ1) is 20.2. The molecule has 3 rings (SSSR count). The second-order valence-corrected chi connectivity index (χ2v) is 6.65. The molecule has 3 aromatic heterocycles. The van der Waals surface area contributed by atoms with E-state index in [1.54, 1.807) is 39.0 Å². The van der Waals surface area contributed by atoms with Crippen LogP contribution in [-0.2, 0) is 11.3 Å². The van der Waals surface area contributed by atoms with Crippen LogP contribution < -0.4 is 0 Å². The van der Waals surface area contributed by atoms with Crippen molar-refractivity contribution in [3.8, 4) is 0 Å². The van der Waals surface area contributed by atoms with Crippen molar-refractivity contribution in [2.24, 2.45) is 0 Å². The summed E-state index contributed by atoms with van der Waals surface area (Å²) in [6, 6.07) is 5.74. The fourth-order valence-corrected chi connectivity index (χ4v) is 3.27. The van der Waals surface area contributed by atoms with E-state index in [9.17, 15) is 14.4 Å². The molecule has 1 atom stereocenters. The number of aryl methyl sites for hydroxylation is 1. The van der Waals surface area contributed by atoms with Gasteiger partial charge in [-0.3, -0.25) is 9.59 Å². The van der Waals surface area contributed by atoms with Crippen LogP contribution >= 0.6 is 0 Å². The van der Waals surface area contributed by atoms with E-state index in [4.69, 9.17) is 13.6 Å². The van der Waals surface area contributed by atoms with Gasteiger partial charge in [-0.2, -0.15) is 0 Å². The number of rotatable bonds is 7. The van der Waals surface area contributed by atoms with Crippen LogP contribution in [0.25, 0.3) is 0 Å². The number of hydrogen-bond acceptors (Lipinski definition) is 6. The van der Waals surface area contributed by atoms with Gasteiger partial charge in [0.1, 0.15) is 11.5 Å². The Labute approximate surface area is 167 Å². The van der Waals surface area contributed by atoms with Crippen molar-refractivity contribution in [3.63, 3.8) is 0 Å². The van der Waals surface area contributed by atoms with Crippen LogP contribution in [0.3, 0.4) is 0 Å². The molecule has 1 N–H and O–H groups in total. The third kappa shape index (κ3) is 3.87. The van der Waals surface area contributed by atoms with Gasteiger partial charge in [0.25, 0.3) is 5.91 Å². The van der Waals surface area contributed by atoms with E-state index in [0.29, 0.717) is 22.6 Å². The molecule has 0 aromatic carbocycles. The molecule has 0 radical (unpaired) electrons. The Morgan fingerprint density at radius 3 is 2.41 bits per heavy atom. The molecule has 0 unspecified atom stereocenters. The molecule has 0 saturated heterocycles. The standard InChI is InChI=1S/C21H22N2O6/c1-12-17(13(2)22-18(12)21(26)27-4)19(24)14(3)23(11-15-7-5-9-28-15)20(25)16-8-6-10-29-16/h5-10,14,22H,11H2,1-4H3/t14-/m0/s1. The molecular weight excluding hydrogens is 376 g/mol. The van der Waals surface area contributed by atoms with Gasteiger partial charge in [0.15, 0.2) is 11.5 Å². The Kier molecular flexibility index (Phi) is 5.72. The van der Waals surface area contributed by atoms with Crippen LogP contribution in [0.4, 0.5) is 0 Å². The van der Waals surface area contributed by atoms with E-state index in [-0.39, 0.29) is 23.8 Å². The van der Waals surface area contributed by atoms with E-state index in [1.165, 1.54) is 30.6 Å². The fourth-order valence-electron chi connectivity index (χ4n) is 3.27. The highest BCUT2D eigenvalue weighted by atomic mass is 16.5. The summed E-state index contributed by atoms with van der Waals surface area (Å²) >= 11 is 0. The normalized spacial score (nSPS) is 11.9. The van der Waals surface area contributed by atoms with Crippen molar-refractivity contribution in [2.75, 3.05) is 7.11 Å². The van der Waals surface area contributed by atoms with E-state index in [0.717, 1.165) is 0 Å². The Hall–Kier alpha value is -3.55. The highest BCUT2D eigenvalue weighted by Gasteiger charge is 2.33. The van der Waals surface area contributed by atoms with Crippen molar-refractivity contribution in [3.05, 3.63) is 70.8 Å². The molecule has 3 heterocycles. The molecule has 3 aromatic rings. The predicted molar refractivity (Wildman–Crippen MR) is 103 cm³/mol. The number of carbonyl (C=O) groups is 3. The van der Waals surface area contributed by atoms with Crippen LogP contribution in [0.5, 0.6) is 0 Å². The lowest BCUT2D eigenvalue weighted by Gasteiger charge is -2.27. The van der Waals surface area contributed by atoms with Gasteiger partial charge in [-0.1, -0.05) is 0 Å². The van der Waals surface area contributed by atoms with Gasteiger partial charge in [-0.15, -0.1) is 0 Å². The first-order chi connectivity index (χ1) is 13.8. The lowest BCUT2D eigenvalue weighted by atomic mass is 9.99. The van der Waals surface area contributed by atoms with Crippen LogP contribution in [0, 0.1) is 13.8 Å². The highest BCUT2D eigenvalue weighted by Crippen LogP contribution is 2.24. The van der Waals surface area contributed by atoms with Crippen molar-refractivity contribution >= 4 is 17.7 Å². The lowest BCUT2D eigenvalue weighted by molar-refractivity contribution is 0.0572. The summed E-state index contributed by atoms with van der Waals surface area (Å²) in [4.78, 5) is 42.6. The molecule has 0 aliphatic rings. The molecule has 0 aliphatic carbocycles. The number of aromatic nitrogens is 1. The fraction of sp³-hybridized carbons (Fsp3) is 0.286. The van der Waals surface area contributed by atoms with E-state index < -0.39 is 17.9 Å². The molecule has 0 aliphatic heterocycles. The number of nitrogens with one attached hydrogen (secondary N) is 1. The number of nitrogens with zero attached hydrogens (tertiary/aromatic N) is 1. The minimum absolute atomic E-state index is 0.0891. The van der Waals surface area contributed by atoms with Gasteiger partial charge in [0, 0.05) is 11.3 Å². The predicted octanol–water partition coefficient (Wildman–Crippen LogP) is 3.52. The summed E-state index contributed by atoms with van der Waals surface area (Å²) in [5, 5.41) is 0. The minimum atomic E-state index is -0.837. The number of ketones is 1. The second kappa shape index (κ2) is 8.22. The maximum atomic E-state index is 13.3. The average molecular weight is 398 g/mol. The van der Waals surface area contributed by atoms with Crippen LogP contribution in [0.15, 0.2) is 45.6 Å². The number of esters is 1. The van der Waals surface area contributed by atoms with Crippen molar-refractivity contribution in [2.45, 2.75) is 33.4 Å². The molecule has 0 saturated carbocycles. The van der Waals surface area contributed by atoms with E-state index >= 15 is 0 Å². The van der Waals surface area contributed by atoms with Crippen LogP contribution in [0.1, 0.15) is 55.3 Å². The quantitative estimate of drug-likeness (QED) is 0.482. The van der Waals surface area contributed by atoms with Crippen LogP contribution in [-0.4, -0.2) is 40.7 Å². The van der Waals surface area contributed by atoms with Crippen molar-refractivity contribution in [1.29, 1.82) is 0 Å². The monoisotopic (exact) mass is 398 g/mol. The number of hydrogen-bond donors (Lipinski definition) is 1.